The maximum absolute atomic E-state index is 12.7. The number of carbonyl (C=O) groups is 2. The zero-order valence-corrected chi connectivity index (χ0v) is 16.7. The van der Waals surface area contributed by atoms with Gasteiger partial charge in [-0.2, -0.15) is 0 Å². The van der Waals surface area contributed by atoms with Crippen molar-refractivity contribution in [2.45, 2.75) is 32.9 Å². The Morgan fingerprint density at radius 3 is 2.48 bits per heavy atom. The smallest absolute Gasteiger partial charge is 0.407 e. The molecule has 0 aliphatic heterocycles. The topological polar surface area (TPSA) is 80.4 Å². The summed E-state index contributed by atoms with van der Waals surface area (Å²) in [4.78, 5) is 28.1. The van der Waals surface area contributed by atoms with Gasteiger partial charge in [0.15, 0.2) is 0 Å². The van der Waals surface area contributed by atoms with Gasteiger partial charge in [-0.3, -0.25) is 0 Å². The van der Waals surface area contributed by atoms with Gasteiger partial charge in [0.2, 0.25) is 0 Å². The molecular weight excluding hydrogens is 368 g/mol. The highest BCUT2D eigenvalue weighted by Crippen LogP contribution is 2.19. The summed E-state index contributed by atoms with van der Waals surface area (Å²) < 4.78 is 10.6. The second kappa shape index (κ2) is 9.78. The molecule has 0 radical (unpaired) electrons. The second-order valence-electron chi connectivity index (χ2n) is 7.35. The summed E-state index contributed by atoms with van der Waals surface area (Å²) in [5.41, 5.74) is 2.78. The van der Waals surface area contributed by atoms with Crippen LogP contribution in [0.4, 0.5) is 4.79 Å². The van der Waals surface area contributed by atoms with Crippen LogP contribution in [0.25, 0.3) is 10.9 Å². The molecule has 0 bridgehead atoms. The monoisotopic (exact) mass is 394 g/mol. The van der Waals surface area contributed by atoms with Gasteiger partial charge in [-0.15, -0.1) is 0 Å². The number of rotatable bonds is 8. The lowest BCUT2D eigenvalue weighted by Gasteiger charge is -2.18. The number of carbonyl (C=O) groups excluding carboxylic acids is 2. The van der Waals surface area contributed by atoms with E-state index >= 15 is 0 Å². The summed E-state index contributed by atoms with van der Waals surface area (Å²) in [6, 6.07) is 16.4. The van der Waals surface area contributed by atoms with Gasteiger partial charge in [-0.05, 0) is 23.1 Å². The van der Waals surface area contributed by atoms with Gasteiger partial charge in [0.25, 0.3) is 0 Å². The molecule has 1 amide bonds. The van der Waals surface area contributed by atoms with E-state index < -0.39 is 18.1 Å². The first kappa shape index (κ1) is 20.5. The molecule has 0 aliphatic rings. The Morgan fingerprint density at radius 2 is 1.72 bits per heavy atom. The Hall–Kier alpha value is -3.28. The molecule has 3 aromatic rings. The quantitative estimate of drug-likeness (QED) is 0.561. The van der Waals surface area contributed by atoms with E-state index in [0.717, 1.165) is 22.0 Å². The molecule has 6 nitrogen and oxygen atoms in total. The number of alkyl carbamates (subject to hydrolysis) is 1. The normalized spacial score (nSPS) is 12.0. The van der Waals surface area contributed by atoms with Crippen LogP contribution >= 0.6 is 0 Å². The Kier molecular flexibility index (Phi) is 6.89. The number of aromatic nitrogens is 1. The fourth-order valence-electron chi connectivity index (χ4n) is 2.97. The Morgan fingerprint density at radius 1 is 1.00 bits per heavy atom. The molecule has 1 unspecified atom stereocenters. The van der Waals surface area contributed by atoms with Gasteiger partial charge in [0.05, 0.1) is 6.61 Å². The van der Waals surface area contributed by atoms with Crippen LogP contribution in [0.1, 0.15) is 25.0 Å². The lowest BCUT2D eigenvalue weighted by molar-refractivity contribution is -0.147. The predicted molar refractivity (Wildman–Crippen MR) is 111 cm³/mol. The van der Waals surface area contributed by atoms with E-state index in [1.54, 1.807) is 0 Å². The van der Waals surface area contributed by atoms with E-state index in [0.29, 0.717) is 6.42 Å². The van der Waals surface area contributed by atoms with Gasteiger partial charge >= 0.3 is 12.1 Å². The average Bonchev–Trinajstić information content (AvgIpc) is 3.14. The third-order valence-corrected chi connectivity index (χ3v) is 4.45. The van der Waals surface area contributed by atoms with E-state index in [1.807, 2.05) is 74.6 Å². The molecule has 0 fully saturated rings. The van der Waals surface area contributed by atoms with Crippen molar-refractivity contribution in [3.8, 4) is 0 Å². The van der Waals surface area contributed by atoms with Crippen LogP contribution in [0, 0.1) is 5.92 Å². The number of fused-ring (bicyclic) bond motifs is 1. The SMILES string of the molecule is CC(C)COC(=O)NC(Cc1c[nH]c2ccccc12)C(=O)OCc1ccccc1. The number of H-pyrrole nitrogens is 1. The van der Waals surface area contributed by atoms with Crippen molar-refractivity contribution < 1.29 is 19.1 Å². The fourth-order valence-corrected chi connectivity index (χ4v) is 2.97. The van der Waals surface area contributed by atoms with Gasteiger partial charge < -0.3 is 19.8 Å². The highest BCUT2D eigenvalue weighted by Gasteiger charge is 2.25. The van der Waals surface area contributed by atoms with Gasteiger partial charge in [-0.1, -0.05) is 62.4 Å². The third kappa shape index (κ3) is 5.85. The Bertz CT molecular complexity index is 950. The highest BCUT2D eigenvalue weighted by molar-refractivity contribution is 5.86. The van der Waals surface area contributed by atoms with Crippen LogP contribution in [0.3, 0.4) is 0 Å². The number of para-hydroxylation sites is 1. The second-order valence-corrected chi connectivity index (χ2v) is 7.35. The van der Waals surface area contributed by atoms with E-state index in [-0.39, 0.29) is 19.1 Å². The van der Waals surface area contributed by atoms with Gasteiger partial charge in [0.1, 0.15) is 12.6 Å². The fraction of sp³-hybridized carbons (Fsp3) is 0.304. The molecule has 2 N–H and O–H groups in total. The number of nitrogens with one attached hydrogen (secondary N) is 2. The Labute approximate surface area is 170 Å². The first-order valence-electron chi connectivity index (χ1n) is 9.71. The van der Waals surface area contributed by atoms with Gasteiger partial charge in [-0.25, -0.2) is 9.59 Å². The third-order valence-electron chi connectivity index (χ3n) is 4.45. The zero-order valence-electron chi connectivity index (χ0n) is 16.7. The van der Waals surface area contributed by atoms with Crippen molar-refractivity contribution in [2.75, 3.05) is 6.61 Å². The number of hydrogen-bond donors (Lipinski definition) is 2. The summed E-state index contributed by atoms with van der Waals surface area (Å²) in [6.07, 6.45) is 1.53. The first-order valence-corrected chi connectivity index (χ1v) is 9.71. The van der Waals surface area contributed by atoms with Crippen molar-refractivity contribution in [3.63, 3.8) is 0 Å². The van der Waals surface area contributed by atoms with E-state index in [2.05, 4.69) is 10.3 Å². The molecule has 1 aromatic heterocycles. The highest BCUT2D eigenvalue weighted by atomic mass is 16.6. The molecule has 0 saturated carbocycles. The molecule has 3 rings (SSSR count). The minimum absolute atomic E-state index is 0.146. The molecule has 1 heterocycles. The number of amides is 1. The lowest BCUT2D eigenvalue weighted by atomic mass is 10.1. The summed E-state index contributed by atoms with van der Waals surface area (Å²) in [7, 11) is 0. The Balaban J connectivity index is 1.71. The predicted octanol–water partition coefficient (Wildman–Crippen LogP) is 4.20. The van der Waals surface area contributed by atoms with Crippen LogP contribution in [-0.4, -0.2) is 29.7 Å². The van der Waals surface area contributed by atoms with Crippen LogP contribution < -0.4 is 5.32 Å². The minimum Gasteiger partial charge on any atom is -0.459 e. The molecule has 0 aliphatic carbocycles. The molecule has 29 heavy (non-hydrogen) atoms. The molecule has 0 saturated heterocycles. The number of benzene rings is 2. The van der Waals surface area contributed by atoms with Crippen molar-refractivity contribution in [1.82, 2.24) is 10.3 Å². The van der Waals surface area contributed by atoms with Crippen molar-refractivity contribution in [1.29, 1.82) is 0 Å². The minimum atomic E-state index is -0.849. The van der Waals surface area contributed by atoms with Crippen LogP contribution in [-0.2, 0) is 27.3 Å². The number of esters is 1. The molecule has 0 spiro atoms. The van der Waals surface area contributed by atoms with E-state index in [1.165, 1.54) is 0 Å². The standard InChI is InChI=1S/C23H26N2O4/c1-16(2)14-29-23(27)25-21(22(26)28-15-17-8-4-3-5-9-17)12-18-13-24-20-11-7-6-10-19(18)20/h3-11,13,16,21,24H,12,14-15H2,1-2H3,(H,25,27). The molecule has 6 heteroatoms. The average molecular weight is 394 g/mol. The molecular formula is C23H26N2O4. The van der Waals surface area contributed by atoms with Crippen molar-refractivity contribution >= 4 is 23.0 Å². The van der Waals surface area contributed by atoms with E-state index in [4.69, 9.17) is 9.47 Å². The van der Waals surface area contributed by atoms with E-state index in [9.17, 15) is 9.59 Å². The molecule has 2 aromatic carbocycles. The van der Waals surface area contributed by atoms with Gasteiger partial charge in [0, 0.05) is 23.5 Å². The number of ether oxygens (including phenoxy) is 2. The summed E-state index contributed by atoms with van der Waals surface area (Å²) in [5.74, 6) is -0.293. The summed E-state index contributed by atoms with van der Waals surface area (Å²) in [6.45, 7) is 4.33. The summed E-state index contributed by atoms with van der Waals surface area (Å²) in [5, 5.41) is 3.67. The molecule has 152 valence electrons. The van der Waals surface area contributed by atoms with Crippen LogP contribution in [0.2, 0.25) is 0 Å². The number of aromatic amines is 1. The van der Waals surface area contributed by atoms with Crippen molar-refractivity contribution in [2.24, 2.45) is 5.92 Å². The first-order chi connectivity index (χ1) is 14.0. The molecule has 1 atom stereocenters. The van der Waals surface area contributed by atoms with Crippen molar-refractivity contribution in [3.05, 3.63) is 71.9 Å². The lowest BCUT2D eigenvalue weighted by Crippen LogP contribution is -2.43. The van der Waals surface area contributed by atoms with Crippen LogP contribution in [0.15, 0.2) is 60.8 Å². The van der Waals surface area contributed by atoms with Crippen LogP contribution in [0.5, 0.6) is 0 Å². The number of hydrogen-bond acceptors (Lipinski definition) is 4. The largest absolute Gasteiger partial charge is 0.459 e. The summed E-state index contributed by atoms with van der Waals surface area (Å²) >= 11 is 0. The maximum Gasteiger partial charge on any atom is 0.407 e. The maximum atomic E-state index is 12.7. The zero-order chi connectivity index (χ0) is 20.6.